The van der Waals surface area contributed by atoms with Gasteiger partial charge in [0.05, 0.1) is 6.54 Å². The Morgan fingerprint density at radius 3 is 2.35 bits per heavy atom. The lowest BCUT2D eigenvalue weighted by Crippen LogP contribution is -2.44. The third-order valence-electron chi connectivity index (χ3n) is 6.07. The average molecular weight is 484 g/mol. The zero-order valence-electron chi connectivity index (χ0n) is 20.1. The fourth-order valence-electron chi connectivity index (χ4n) is 4.12. The summed E-state index contributed by atoms with van der Waals surface area (Å²) in [6.45, 7) is 3.95. The van der Waals surface area contributed by atoms with Crippen LogP contribution >= 0.6 is 0 Å². The number of amides is 2. The number of hydrogen-bond donors (Lipinski definition) is 4. The minimum Gasteiger partial charge on any atom is -0.483 e. The van der Waals surface area contributed by atoms with E-state index in [2.05, 4.69) is 27.2 Å². The molecule has 2 saturated heterocycles. The molecule has 0 unspecified atom stereocenters. The molecule has 2 aliphatic heterocycles. The number of ether oxygens (including phenoxy) is 1. The van der Waals surface area contributed by atoms with Gasteiger partial charge in [-0.2, -0.15) is 0 Å². The summed E-state index contributed by atoms with van der Waals surface area (Å²) < 4.78 is 5.32. The van der Waals surface area contributed by atoms with Crippen LogP contribution in [0.25, 0.3) is 0 Å². The Balaban J connectivity index is 0.000000872. The number of aryl methyl sites for hydroxylation is 1. The summed E-state index contributed by atoms with van der Waals surface area (Å²) in [7, 11) is 3.88. The van der Waals surface area contributed by atoms with E-state index in [9.17, 15) is 9.59 Å². The van der Waals surface area contributed by atoms with E-state index in [1.165, 1.54) is 0 Å². The van der Waals surface area contributed by atoms with Gasteiger partial charge in [0, 0.05) is 63.1 Å². The minimum absolute atomic E-state index is 0.0803. The van der Waals surface area contributed by atoms with E-state index in [1.54, 1.807) is 11.1 Å². The monoisotopic (exact) mass is 483 g/mol. The van der Waals surface area contributed by atoms with E-state index >= 15 is 0 Å². The van der Waals surface area contributed by atoms with Crippen LogP contribution in [0.5, 0.6) is 0 Å². The number of likely N-dealkylation sites (tertiary alicyclic amines) is 1. The Morgan fingerprint density at radius 2 is 1.79 bits per heavy atom. The number of imidazole rings is 1. The Morgan fingerprint density at radius 1 is 1.21 bits per heavy atom. The number of H-pyrrole nitrogens is 1. The molecule has 0 aliphatic carbocycles. The molecule has 2 amide bonds. The number of aromatic amines is 1. The molecule has 3 rings (SSSR count). The lowest BCUT2D eigenvalue weighted by molar-refractivity contribution is -0.132. The van der Waals surface area contributed by atoms with Crippen molar-refractivity contribution in [3.63, 3.8) is 0 Å². The number of aromatic nitrogens is 2. The van der Waals surface area contributed by atoms with E-state index in [0.717, 1.165) is 37.2 Å². The maximum atomic E-state index is 12.6. The van der Waals surface area contributed by atoms with Crippen molar-refractivity contribution in [3.8, 4) is 0 Å². The van der Waals surface area contributed by atoms with Gasteiger partial charge in [0.1, 0.15) is 5.82 Å². The topological polar surface area (TPSA) is 165 Å². The number of hydrogen-bond acceptors (Lipinski definition) is 7. The highest BCUT2D eigenvalue weighted by Crippen LogP contribution is 2.25. The molecule has 1 aromatic heterocycles. The molecule has 34 heavy (non-hydrogen) atoms. The zero-order valence-corrected chi connectivity index (χ0v) is 20.1. The first-order valence-electron chi connectivity index (χ1n) is 11.2. The molecule has 2 atom stereocenters. The molecule has 0 bridgehead atoms. The molecule has 192 valence electrons. The first kappa shape index (κ1) is 29.0. The highest BCUT2D eigenvalue weighted by Gasteiger charge is 2.33. The minimum atomic E-state index is -0.250. The molecule has 4 N–H and O–H groups in total. The molecule has 0 aromatic carbocycles. The third kappa shape index (κ3) is 9.87. The standard InChI is InChI=1S/C20H33N5O3.2CH2O2/c1-14-11-21-18(23-14)13-24(2)19(26)10-16-4-5-17(25(16)3)12-22-20(27)15-6-8-28-9-7-15;2*2-1-3/h11,15-17H,4-10,12-13H2,1-3H3,(H,21,23)(H,22,27);2*1H,(H,2,3)/t16-,17+;;/m1../s1. The lowest BCUT2D eigenvalue weighted by Gasteiger charge is -2.28. The van der Waals surface area contributed by atoms with Crippen molar-refractivity contribution < 1.29 is 34.1 Å². The molecule has 12 heteroatoms. The van der Waals surface area contributed by atoms with Crippen molar-refractivity contribution in [2.75, 3.05) is 33.9 Å². The highest BCUT2D eigenvalue weighted by molar-refractivity contribution is 5.78. The van der Waals surface area contributed by atoms with E-state index in [1.807, 2.05) is 14.0 Å². The molecule has 0 spiro atoms. The lowest BCUT2D eigenvalue weighted by atomic mass is 9.99. The summed E-state index contributed by atoms with van der Waals surface area (Å²) in [4.78, 5) is 53.1. The highest BCUT2D eigenvalue weighted by atomic mass is 16.5. The van der Waals surface area contributed by atoms with E-state index in [0.29, 0.717) is 38.8 Å². The molecule has 0 radical (unpaired) electrons. The number of nitrogens with zero attached hydrogens (tertiary/aromatic N) is 3. The fraction of sp³-hybridized carbons (Fsp3) is 0.682. The average Bonchev–Trinajstić information content (AvgIpc) is 3.38. The molecule has 12 nitrogen and oxygen atoms in total. The fourth-order valence-corrected chi connectivity index (χ4v) is 4.12. The maximum absolute atomic E-state index is 12.6. The second kappa shape index (κ2) is 15.8. The summed E-state index contributed by atoms with van der Waals surface area (Å²) in [5.41, 5.74) is 0.997. The number of carbonyl (C=O) groups excluding carboxylic acids is 2. The van der Waals surface area contributed by atoms with Crippen molar-refractivity contribution in [2.45, 2.75) is 57.7 Å². The van der Waals surface area contributed by atoms with Gasteiger partial charge in [0.25, 0.3) is 12.9 Å². The third-order valence-corrected chi connectivity index (χ3v) is 6.07. The van der Waals surface area contributed by atoms with E-state index < -0.39 is 0 Å². The first-order chi connectivity index (χ1) is 16.3. The molecule has 0 saturated carbocycles. The summed E-state index contributed by atoms with van der Waals surface area (Å²) in [5, 5.41) is 16.9. The Kier molecular flexibility index (Phi) is 13.5. The van der Waals surface area contributed by atoms with Gasteiger partial charge in [-0.1, -0.05) is 0 Å². The van der Waals surface area contributed by atoms with Crippen LogP contribution < -0.4 is 5.32 Å². The van der Waals surface area contributed by atoms with Crippen LogP contribution in [-0.4, -0.2) is 101 Å². The molecule has 2 fully saturated rings. The SMILES string of the molecule is Cc1cnc(CN(C)C(=O)C[C@H]2CC[C@@H](CNC(=O)C3CCOCC3)N2C)[nH]1.O=CO.O=CO. The van der Waals surface area contributed by atoms with Crippen LogP contribution in [0.1, 0.15) is 43.6 Å². The van der Waals surface area contributed by atoms with Crippen molar-refractivity contribution in [1.29, 1.82) is 0 Å². The Labute approximate surface area is 199 Å². The molecule has 1 aromatic rings. The molecule has 3 heterocycles. The second-order valence-corrected chi connectivity index (χ2v) is 8.36. The first-order valence-corrected chi connectivity index (χ1v) is 11.2. The van der Waals surface area contributed by atoms with Gasteiger partial charge in [-0.3, -0.25) is 24.1 Å². The van der Waals surface area contributed by atoms with Gasteiger partial charge < -0.3 is 30.2 Å². The maximum Gasteiger partial charge on any atom is 0.290 e. The number of rotatable bonds is 7. The number of likely N-dealkylation sites (N-methyl/N-ethyl adjacent to an activating group) is 1. The zero-order chi connectivity index (χ0) is 25.5. The van der Waals surface area contributed by atoms with Gasteiger partial charge in [0.2, 0.25) is 11.8 Å². The summed E-state index contributed by atoms with van der Waals surface area (Å²) >= 11 is 0. The van der Waals surface area contributed by atoms with Crippen LogP contribution in [0.4, 0.5) is 0 Å². The molecule has 2 aliphatic rings. The largest absolute Gasteiger partial charge is 0.483 e. The summed E-state index contributed by atoms with van der Waals surface area (Å²) in [6, 6.07) is 0.512. The van der Waals surface area contributed by atoms with Crippen LogP contribution in [0.15, 0.2) is 6.20 Å². The van der Waals surface area contributed by atoms with Crippen LogP contribution in [0.3, 0.4) is 0 Å². The Bertz CT molecular complexity index is 761. The smallest absolute Gasteiger partial charge is 0.290 e. The Hall–Kier alpha value is -2.99. The van der Waals surface area contributed by atoms with Gasteiger partial charge in [-0.05, 0) is 39.7 Å². The van der Waals surface area contributed by atoms with Crippen molar-refractivity contribution >= 4 is 24.8 Å². The van der Waals surface area contributed by atoms with Gasteiger partial charge in [0.15, 0.2) is 0 Å². The van der Waals surface area contributed by atoms with E-state index in [4.69, 9.17) is 24.5 Å². The predicted octanol–water partition coefficient (Wildman–Crippen LogP) is 0.474. The number of carbonyl (C=O) groups is 4. The quantitative estimate of drug-likeness (QED) is 0.403. The second-order valence-electron chi connectivity index (χ2n) is 8.36. The summed E-state index contributed by atoms with van der Waals surface area (Å²) in [6.07, 6.45) is 5.88. The number of carboxylic acid groups (broad SMARTS) is 2. The van der Waals surface area contributed by atoms with Crippen LogP contribution in [0.2, 0.25) is 0 Å². The van der Waals surface area contributed by atoms with Crippen molar-refractivity contribution in [1.82, 2.24) is 25.1 Å². The van der Waals surface area contributed by atoms with Crippen LogP contribution in [-0.2, 0) is 30.5 Å². The van der Waals surface area contributed by atoms with Crippen molar-refractivity contribution in [3.05, 3.63) is 17.7 Å². The van der Waals surface area contributed by atoms with Crippen LogP contribution in [0, 0.1) is 12.8 Å². The van der Waals surface area contributed by atoms with Gasteiger partial charge in [-0.15, -0.1) is 0 Å². The van der Waals surface area contributed by atoms with Gasteiger partial charge >= 0.3 is 0 Å². The molecular weight excluding hydrogens is 446 g/mol. The molecular formula is C22H37N5O7. The summed E-state index contributed by atoms with van der Waals surface area (Å²) in [5.74, 6) is 1.15. The normalized spacial score (nSPS) is 20.2. The van der Waals surface area contributed by atoms with Gasteiger partial charge in [-0.25, -0.2) is 4.98 Å². The number of nitrogens with one attached hydrogen (secondary N) is 2. The van der Waals surface area contributed by atoms with Crippen molar-refractivity contribution in [2.24, 2.45) is 5.92 Å². The van der Waals surface area contributed by atoms with E-state index in [-0.39, 0.29) is 36.7 Å². The predicted molar refractivity (Wildman–Crippen MR) is 123 cm³/mol.